The number of aryl methyl sites for hydroxylation is 1. The molecule has 1 N–H and O–H groups in total. The molecule has 0 bridgehead atoms. The Balaban J connectivity index is 1.87. The van der Waals surface area contributed by atoms with Crippen LogP contribution < -0.4 is 5.32 Å². The first kappa shape index (κ1) is 12.1. The van der Waals surface area contributed by atoms with Gasteiger partial charge in [-0.2, -0.15) is 0 Å². The molecule has 0 spiro atoms. The van der Waals surface area contributed by atoms with Gasteiger partial charge in [0.25, 0.3) is 0 Å². The topological polar surface area (TPSA) is 42.0 Å². The fourth-order valence-corrected chi connectivity index (χ4v) is 4.77. The predicted octanol–water partition coefficient (Wildman–Crippen LogP) is 3.50. The fraction of sp³-hybridized carbons (Fsp3) is 0.375. The van der Waals surface area contributed by atoms with Crippen LogP contribution in [0.3, 0.4) is 0 Å². The summed E-state index contributed by atoms with van der Waals surface area (Å²) in [6.07, 6.45) is 9.08. The molecule has 20 heavy (non-hydrogen) atoms. The Morgan fingerprint density at radius 3 is 2.85 bits per heavy atom. The van der Waals surface area contributed by atoms with Gasteiger partial charge in [-0.1, -0.05) is 0 Å². The molecule has 0 unspecified atom stereocenters. The summed E-state index contributed by atoms with van der Waals surface area (Å²) < 4.78 is 0. The number of rotatable bonds is 1. The maximum Gasteiger partial charge on any atom is 0.225 e. The molecule has 3 nitrogen and oxygen atoms in total. The van der Waals surface area contributed by atoms with Crippen molar-refractivity contribution in [3.8, 4) is 0 Å². The quantitative estimate of drug-likeness (QED) is 0.871. The second-order valence-corrected chi connectivity index (χ2v) is 6.64. The lowest BCUT2D eigenvalue weighted by molar-refractivity contribution is -0.116. The molecule has 1 atom stereocenters. The van der Waals surface area contributed by atoms with E-state index in [-0.39, 0.29) is 11.8 Å². The zero-order valence-corrected chi connectivity index (χ0v) is 12.0. The molecule has 0 saturated heterocycles. The van der Waals surface area contributed by atoms with E-state index in [4.69, 9.17) is 0 Å². The molecule has 1 aliphatic heterocycles. The standard InChI is InChI=1S/C16H16N2OS/c19-14-9-12(10-5-7-17-8-6-10)15-11-3-1-2-4-13(11)20-16(15)18-14/h5-8,12H,1-4,9H2,(H,18,19)/t12-/m1/s1. The molecule has 4 heteroatoms. The zero-order valence-electron chi connectivity index (χ0n) is 11.2. The Kier molecular flexibility index (Phi) is 2.84. The van der Waals surface area contributed by atoms with Crippen molar-refractivity contribution >= 4 is 22.2 Å². The van der Waals surface area contributed by atoms with Gasteiger partial charge in [-0.3, -0.25) is 9.78 Å². The average molecular weight is 284 g/mol. The second kappa shape index (κ2) is 4.70. The van der Waals surface area contributed by atoms with Crippen LogP contribution in [0.2, 0.25) is 0 Å². The fourth-order valence-electron chi connectivity index (χ4n) is 3.40. The Morgan fingerprint density at radius 2 is 2.00 bits per heavy atom. The van der Waals surface area contributed by atoms with Gasteiger partial charge in [0.15, 0.2) is 0 Å². The van der Waals surface area contributed by atoms with E-state index in [1.165, 1.54) is 47.3 Å². The van der Waals surface area contributed by atoms with Gasteiger partial charge in [-0.15, -0.1) is 11.3 Å². The lowest BCUT2D eigenvalue weighted by Gasteiger charge is -2.25. The molecular weight excluding hydrogens is 268 g/mol. The van der Waals surface area contributed by atoms with Gasteiger partial charge in [0.1, 0.15) is 0 Å². The smallest absolute Gasteiger partial charge is 0.225 e. The maximum absolute atomic E-state index is 12.0. The third-order valence-electron chi connectivity index (χ3n) is 4.31. The Morgan fingerprint density at radius 1 is 1.20 bits per heavy atom. The van der Waals surface area contributed by atoms with Crippen LogP contribution in [0.4, 0.5) is 5.00 Å². The number of nitrogens with one attached hydrogen (secondary N) is 1. The third-order valence-corrected chi connectivity index (χ3v) is 5.53. The van der Waals surface area contributed by atoms with Crippen LogP contribution in [0, 0.1) is 0 Å². The summed E-state index contributed by atoms with van der Waals surface area (Å²) in [4.78, 5) is 17.6. The van der Waals surface area contributed by atoms with Crippen LogP contribution in [0.25, 0.3) is 0 Å². The summed E-state index contributed by atoms with van der Waals surface area (Å²) >= 11 is 1.79. The minimum Gasteiger partial charge on any atom is -0.317 e. The van der Waals surface area contributed by atoms with E-state index >= 15 is 0 Å². The van der Waals surface area contributed by atoms with Crippen molar-refractivity contribution in [2.75, 3.05) is 5.32 Å². The highest BCUT2D eigenvalue weighted by Gasteiger charge is 2.33. The lowest BCUT2D eigenvalue weighted by atomic mass is 9.82. The lowest BCUT2D eigenvalue weighted by Crippen LogP contribution is -2.23. The molecule has 0 fully saturated rings. The first-order valence-corrected chi connectivity index (χ1v) is 7.99. The van der Waals surface area contributed by atoms with Crippen molar-refractivity contribution in [2.45, 2.75) is 38.0 Å². The molecule has 4 rings (SSSR count). The van der Waals surface area contributed by atoms with E-state index in [1.807, 2.05) is 24.5 Å². The molecule has 1 amide bonds. The number of carbonyl (C=O) groups excluding carboxylic acids is 1. The Bertz CT molecular complexity index is 663. The summed E-state index contributed by atoms with van der Waals surface area (Å²) in [5.74, 6) is 0.345. The van der Waals surface area contributed by atoms with Crippen molar-refractivity contribution in [3.05, 3.63) is 46.1 Å². The van der Waals surface area contributed by atoms with Crippen LogP contribution in [0.5, 0.6) is 0 Å². The second-order valence-electron chi connectivity index (χ2n) is 5.54. The molecule has 3 heterocycles. The number of carbonyl (C=O) groups is 1. The molecule has 2 aliphatic rings. The normalized spacial score (nSPS) is 21.0. The molecule has 0 aromatic carbocycles. The first-order chi connectivity index (χ1) is 9.83. The minimum atomic E-state index is 0.137. The summed E-state index contributed by atoms with van der Waals surface area (Å²) in [6.45, 7) is 0. The number of fused-ring (bicyclic) bond motifs is 3. The highest BCUT2D eigenvalue weighted by atomic mass is 32.1. The Hall–Kier alpha value is -1.68. The van der Waals surface area contributed by atoms with Gasteiger partial charge in [0.05, 0.1) is 5.00 Å². The van der Waals surface area contributed by atoms with Gasteiger partial charge in [-0.05, 0) is 54.5 Å². The van der Waals surface area contributed by atoms with E-state index < -0.39 is 0 Å². The summed E-state index contributed by atoms with van der Waals surface area (Å²) in [6, 6.07) is 4.08. The SMILES string of the molecule is O=C1C[C@H](c2ccncc2)c2c(sc3c2CCCC3)N1. The highest BCUT2D eigenvalue weighted by Crippen LogP contribution is 2.47. The van der Waals surface area contributed by atoms with E-state index in [0.29, 0.717) is 6.42 Å². The third kappa shape index (κ3) is 1.86. The van der Waals surface area contributed by atoms with Crippen LogP contribution in [-0.2, 0) is 17.6 Å². The predicted molar refractivity (Wildman–Crippen MR) is 80.3 cm³/mol. The zero-order chi connectivity index (χ0) is 13.5. The monoisotopic (exact) mass is 284 g/mol. The first-order valence-electron chi connectivity index (χ1n) is 7.17. The van der Waals surface area contributed by atoms with E-state index in [1.54, 1.807) is 11.3 Å². The molecule has 1 aliphatic carbocycles. The average Bonchev–Trinajstić information content (AvgIpc) is 2.85. The number of anilines is 1. The molecular formula is C16H16N2OS. The van der Waals surface area contributed by atoms with Crippen LogP contribution >= 0.6 is 11.3 Å². The molecule has 0 radical (unpaired) electrons. The van der Waals surface area contributed by atoms with Gasteiger partial charge in [0, 0.05) is 29.6 Å². The van der Waals surface area contributed by atoms with Crippen LogP contribution in [0.15, 0.2) is 24.5 Å². The van der Waals surface area contributed by atoms with Gasteiger partial charge in [0.2, 0.25) is 5.91 Å². The van der Waals surface area contributed by atoms with Crippen molar-refractivity contribution in [2.24, 2.45) is 0 Å². The number of aromatic nitrogens is 1. The minimum absolute atomic E-state index is 0.137. The number of hydrogen-bond acceptors (Lipinski definition) is 3. The highest BCUT2D eigenvalue weighted by molar-refractivity contribution is 7.16. The summed E-state index contributed by atoms with van der Waals surface area (Å²) in [5, 5.41) is 4.17. The van der Waals surface area contributed by atoms with Crippen molar-refractivity contribution in [1.82, 2.24) is 4.98 Å². The number of thiophene rings is 1. The van der Waals surface area contributed by atoms with Crippen molar-refractivity contribution in [3.63, 3.8) is 0 Å². The number of pyridine rings is 1. The van der Waals surface area contributed by atoms with Crippen LogP contribution in [-0.4, -0.2) is 10.9 Å². The Labute approximate surface area is 122 Å². The van der Waals surface area contributed by atoms with Crippen molar-refractivity contribution < 1.29 is 4.79 Å². The van der Waals surface area contributed by atoms with Crippen LogP contribution in [0.1, 0.15) is 46.7 Å². The van der Waals surface area contributed by atoms with E-state index in [9.17, 15) is 4.79 Å². The van der Waals surface area contributed by atoms with E-state index in [0.717, 1.165) is 5.00 Å². The molecule has 2 aromatic heterocycles. The summed E-state index contributed by atoms with van der Waals surface area (Å²) in [5.41, 5.74) is 4.11. The van der Waals surface area contributed by atoms with Gasteiger partial charge in [-0.25, -0.2) is 0 Å². The van der Waals surface area contributed by atoms with E-state index in [2.05, 4.69) is 10.3 Å². The van der Waals surface area contributed by atoms with Gasteiger partial charge >= 0.3 is 0 Å². The molecule has 102 valence electrons. The maximum atomic E-state index is 12.0. The van der Waals surface area contributed by atoms with Crippen molar-refractivity contribution in [1.29, 1.82) is 0 Å². The number of amides is 1. The number of hydrogen-bond donors (Lipinski definition) is 1. The number of nitrogens with zero attached hydrogens (tertiary/aromatic N) is 1. The largest absolute Gasteiger partial charge is 0.317 e. The molecule has 2 aromatic rings. The molecule has 0 saturated carbocycles. The van der Waals surface area contributed by atoms with Gasteiger partial charge < -0.3 is 5.32 Å². The summed E-state index contributed by atoms with van der Waals surface area (Å²) in [7, 11) is 0.